The lowest BCUT2D eigenvalue weighted by molar-refractivity contribution is 0.0396. The molecule has 0 fully saturated rings. The number of carbonyl (C=O) groups is 1. The second kappa shape index (κ2) is 10.3. The number of fused-ring (bicyclic) bond motifs is 1. The van der Waals surface area contributed by atoms with E-state index >= 15 is 0 Å². The number of nitrogens with zero attached hydrogens (tertiary/aromatic N) is 1. The minimum Gasteiger partial charge on any atom is -0.493 e. The maximum Gasteiger partial charge on any atom is 0.163 e. The van der Waals surface area contributed by atoms with E-state index in [1.165, 1.54) is 19.2 Å². The summed E-state index contributed by atoms with van der Waals surface area (Å²) in [5, 5.41) is 11.4. The number of aliphatic hydroxyl groups is 1. The van der Waals surface area contributed by atoms with Gasteiger partial charge in [0.2, 0.25) is 0 Å². The highest BCUT2D eigenvalue weighted by Crippen LogP contribution is 2.44. The SMILES string of the molecule is CCOc1ccc(C(=O)CC[C@@](C)(O)c2cc3c(c(-c4ccc(F)c(Cl)c4)n2)OC[C@@]3(C)N)cc1OC. The van der Waals surface area contributed by atoms with Gasteiger partial charge < -0.3 is 25.1 Å². The van der Waals surface area contributed by atoms with E-state index in [0.717, 1.165) is 0 Å². The van der Waals surface area contributed by atoms with Gasteiger partial charge >= 0.3 is 0 Å². The van der Waals surface area contributed by atoms with E-state index in [0.29, 0.717) is 51.9 Å². The van der Waals surface area contributed by atoms with Crippen molar-refractivity contribution in [3.05, 3.63) is 70.1 Å². The second-order valence-electron chi connectivity index (χ2n) is 9.56. The van der Waals surface area contributed by atoms with Crippen LogP contribution in [0, 0.1) is 5.82 Å². The summed E-state index contributed by atoms with van der Waals surface area (Å²) in [6, 6.07) is 10.9. The van der Waals surface area contributed by atoms with Crippen molar-refractivity contribution >= 4 is 17.4 Å². The van der Waals surface area contributed by atoms with Gasteiger partial charge in [-0.1, -0.05) is 11.6 Å². The fourth-order valence-corrected chi connectivity index (χ4v) is 4.44. The van der Waals surface area contributed by atoms with Crippen LogP contribution in [-0.2, 0) is 11.1 Å². The van der Waals surface area contributed by atoms with Crippen LogP contribution in [0.1, 0.15) is 55.2 Å². The van der Waals surface area contributed by atoms with Crippen LogP contribution in [0.3, 0.4) is 0 Å². The smallest absolute Gasteiger partial charge is 0.163 e. The first-order valence-corrected chi connectivity index (χ1v) is 12.3. The molecule has 2 atom stereocenters. The number of halogens is 2. The molecule has 0 saturated carbocycles. The lowest BCUT2D eigenvalue weighted by Crippen LogP contribution is -2.35. The molecule has 0 amide bonds. The molecule has 0 spiro atoms. The molecule has 3 aromatic rings. The Morgan fingerprint density at radius 2 is 2.03 bits per heavy atom. The molecule has 2 aromatic carbocycles. The van der Waals surface area contributed by atoms with Crippen LogP contribution < -0.4 is 19.9 Å². The maximum atomic E-state index is 13.8. The quantitative estimate of drug-likeness (QED) is 0.359. The molecule has 2 heterocycles. The number of ether oxygens (including phenoxy) is 3. The Bertz CT molecular complexity index is 1340. The third-order valence-corrected chi connectivity index (χ3v) is 6.76. The molecule has 37 heavy (non-hydrogen) atoms. The molecule has 7 nitrogen and oxygen atoms in total. The molecule has 196 valence electrons. The molecule has 1 aliphatic heterocycles. The van der Waals surface area contributed by atoms with E-state index in [9.17, 15) is 14.3 Å². The summed E-state index contributed by atoms with van der Waals surface area (Å²) in [6.45, 7) is 5.97. The van der Waals surface area contributed by atoms with Gasteiger partial charge in [0.1, 0.15) is 23.7 Å². The molecular formula is C28H30ClFN2O5. The van der Waals surface area contributed by atoms with Gasteiger partial charge in [0, 0.05) is 23.1 Å². The molecule has 0 unspecified atom stereocenters. The lowest BCUT2D eigenvalue weighted by atomic mass is 9.88. The summed E-state index contributed by atoms with van der Waals surface area (Å²) in [4.78, 5) is 17.7. The first-order chi connectivity index (χ1) is 17.5. The van der Waals surface area contributed by atoms with Crippen molar-refractivity contribution in [1.29, 1.82) is 0 Å². The minimum atomic E-state index is -1.47. The number of nitrogens with two attached hydrogens (primary N) is 1. The number of Topliss-reactive ketones (excluding diaryl/α,β-unsaturated/α-hetero) is 1. The number of aromatic nitrogens is 1. The van der Waals surface area contributed by atoms with Crippen LogP contribution in [0.2, 0.25) is 5.02 Å². The molecule has 0 aliphatic carbocycles. The topological polar surface area (TPSA) is 104 Å². The third kappa shape index (κ3) is 5.42. The number of ketones is 1. The van der Waals surface area contributed by atoms with Gasteiger partial charge in [-0.25, -0.2) is 9.37 Å². The number of hydrogen-bond acceptors (Lipinski definition) is 7. The maximum absolute atomic E-state index is 13.8. The van der Waals surface area contributed by atoms with Gasteiger partial charge in [-0.3, -0.25) is 4.79 Å². The number of rotatable bonds is 9. The van der Waals surface area contributed by atoms with E-state index in [1.807, 2.05) is 13.8 Å². The Hall–Kier alpha value is -3.20. The average Bonchev–Trinajstić information content (AvgIpc) is 3.18. The normalized spacial score (nSPS) is 18.1. The van der Waals surface area contributed by atoms with Gasteiger partial charge in [-0.2, -0.15) is 0 Å². The summed E-state index contributed by atoms with van der Waals surface area (Å²) < 4.78 is 30.5. The predicted molar refractivity (Wildman–Crippen MR) is 139 cm³/mol. The van der Waals surface area contributed by atoms with E-state index in [1.54, 1.807) is 37.3 Å². The van der Waals surface area contributed by atoms with Crippen molar-refractivity contribution < 1.29 is 28.5 Å². The largest absolute Gasteiger partial charge is 0.493 e. The minimum absolute atomic E-state index is 0.0526. The van der Waals surface area contributed by atoms with Crippen LogP contribution >= 0.6 is 11.6 Å². The summed E-state index contributed by atoms with van der Waals surface area (Å²) in [5.74, 6) is 0.755. The molecule has 0 bridgehead atoms. The van der Waals surface area contributed by atoms with E-state index in [4.69, 9.17) is 31.5 Å². The first-order valence-electron chi connectivity index (χ1n) is 12.0. The Kier molecular flexibility index (Phi) is 7.46. The molecule has 9 heteroatoms. The fraction of sp³-hybridized carbons (Fsp3) is 0.357. The number of hydrogen-bond donors (Lipinski definition) is 2. The second-order valence-corrected chi connectivity index (χ2v) is 9.97. The van der Waals surface area contributed by atoms with Crippen LogP contribution in [0.25, 0.3) is 11.3 Å². The predicted octanol–water partition coefficient (Wildman–Crippen LogP) is 5.39. The Labute approximate surface area is 220 Å². The molecule has 1 aliphatic rings. The van der Waals surface area contributed by atoms with Crippen LogP contribution in [0.15, 0.2) is 42.5 Å². The van der Waals surface area contributed by atoms with Gasteiger partial charge in [-0.05, 0) is 69.7 Å². The zero-order valence-corrected chi connectivity index (χ0v) is 22.0. The van der Waals surface area contributed by atoms with Gasteiger partial charge in [0.15, 0.2) is 23.0 Å². The van der Waals surface area contributed by atoms with Crippen molar-refractivity contribution in [3.8, 4) is 28.5 Å². The van der Waals surface area contributed by atoms with Crippen molar-refractivity contribution in [2.45, 2.75) is 44.8 Å². The monoisotopic (exact) mass is 528 g/mol. The highest BCUT2D eigenvalue weighted by molar-refractivity contribution is 6.31. The van der Waals surface area contributed by atoms with Crippen molar-refractivity contribution in [3.63, 3.8) is 0 Å². The highest BCUT2D eigenvalue weighted by Gasteiger charge is 2.38. The standard InChI is InChI=1S/C28H30ClFN2O5/c1-5-36-22-9-7-16(13-23(22)35-4)21(33)10-11-28(3,34)24-14-18-26(37-15-27(18,2)31)25(32-24)17-6-8-20(30)19(29)12-17/h6-9,12-14,34H,5,10-11,15,31H2,1-4H3/t27-,28-/m1/s1. The van der Waals surface area contributed by atoms with Gasteiger partial charge in [-0.15, -0.1) is 0 Å². The van der Waals surface area contributed by atoms with E-state index < -0.39 is 17.0 Å². The van der Waals surface area contributed by atoms with Gasteiger partial charge in [0.25, 0.3) is 0 Å². The molecule has 0 radical (unpaired) electrons. The van der Waals surface area contributed by atoms with E-state index in [2.05, 4.69) is 4.98 Å². The summed E-state index contributed by atoms with van der Waals surface area (Å²) in [7, 11) is 1.51. The highest BCUT2D eigenvalue weighted by atomic mass is 35.5. The summed E-state index contributed by atoms with van der Waals surface area (Å²) in [6.07, 6.45) is 0.149. The molecular weight excluding hydrogens is 499 g/mol. The van der Waals surface area contributed by atoms with Gasteiger partial charge in [0.05, 0.1) is 30.0 Å². The first kappa shape index (κ1) is 26.9. The van der Waals surface area contributed by atoms with Crippen LogP contribution in [-0.4, -0.2) is 36.2 Å². The molecule has 1 aromatic heterocycles. The number of carbonyl (C=O) groups excluding carboxylic acids is 1. The zero-order valence-electron chi connectivity index (χ0n) is 21.2. The van der Waals surface area contributed by atoms with Crippen molar-refractivity contribution in [2.24, 2.45) is 5.73 Å². The Balaban J connectivity index is 1.64. The van der Waals surface area contributed by atoms with Crippen molar-refractivity contribution in [1.82, 2.24) is 4.98 Å². The summed E-state index contributed by atoms with van der Waals surface area (Å²) in [5.41, 5.74) is 6.52. The number of benzene rings is 2. The molecule has 3 N–H and O–H groups in total. The van der Waals surface area contributed by atoms with E-state index in [-0.39, 0.29) is 30.3 Å². The van der Waals surface area contributed by atoms with Crippen molar-refractivity contribution in [2.75, 3.05) is 20.3 Å². The van der Waals surface area contributed by atoms with Crippen LogP contribution in [0.5, 0.6) is 17.2 Å². The molecule has 0 saturated heterocycles. The number of methoxy groups -OCH3 is 1. The Morgan fingerprint density at radius 1 is 1.27 bits per heavy atom. The summed E-state index contributed by atoms with van der Waals surface area (Å²) >= 11 is 6.02. The Morgan fingerprint density at radius 3 is 2.70 bits per heavy atom. The third-order valence-electron chi connectivity index (χ3n) is 6.47. The van der Waals surface area contributed by atoms with Crippen LogP contribution in [0.4, 0.5) is 4.39 Å². The fourth-order valence-electron chi connectivity index (χ4n) is 4.26. The number of pyridine rings is 1. The zero-order chi connectivity index (χ0) is 27.0. The lowest BCUT2D eigenvalue weighted by Gasteiger charge is -2.25. The molecule has 4 rings (SSSR count). The average molecular weight is 529 g/mol.